The van der Waals surface area contributed by atoms with Gasteiger partial charge in [0.1, 0.15) is 46.2 Å². The summed E-state index contributed by atoms with van der Waals surface area (Å²) in [5, 5.41) is 30.3. The molecule has 1 aliphatic heterocycles. The van der Waals surface area contributed by atoms with Crippen LogP contribution in [0.1, 0.15) is 103 Å². The van der Waals surface area contributed by atoms with Gasteiger partial charge in [0, 0.05) is 63.4 Å². The zero-order valence-corrected chi connectivity index (χ0v) is 45.5. The van der Waals surface area contributed by atoms with Crippen molar-refractivity contribution in [3.63, 3.8) is 0 Å². The van der Waals surface area contributed by atoms with Crippen LogP contribution >= 0.6 is 21.6 Å². The Bertz CT molecular complexity index is 2510. The second-order valence-electron chi connectivity index (χ2n) is 21.2. The van der Waals surface area contributed by atoms with Crippen LogP contribution in [-0.2, 0) is 42.7 Å². The molecule has 3 fully saturated rings. The van der Waals surface area contributed by atoms with Crippen LogP contribution in [0.25, 0.3) is 0 Å². The number of rotatable bonds is 18. The first kappa shape index (κ1) is 56.7. The van der Waals surface area contributed by atoms with Gasteiger partial charge in [0.25, 0.3) is 0 Å². The monoisotopic (exact) mass is 1060 g/mol. The van der Waals surface area contributed by atoms with Crippen molar-refractivity contribution >= 4 is 51.5 Å². The Kier molecular flexibility index (Phi) is 17.7. The SMILES string of the molecule is CCCCN(CCSSc1ccccn1)C(=O)O[C@@H](C(=O)O[C@H]1C[C@@]2(O)[C@@H](OC(=O)c3ccccc3)[C@H]3C(C)(C(=O)[C@H](OC)C(=C1C)C2(C)C)[C@@H](OC)C[C@H]1OC[C@]13O)[C@@H](NC(=O)OC(C)(C)C)c1ccccc1. The van der Waals surface area contributed by atoms with Crippen molar-refractivity contribution in [2.75, 3.05) is 39.7 Å². The van der Waals surface area contributed by atoms with Crippen molar-refractivity contribution in [3.05, 3.63) is 107 Å². The number of carbonyl (C=O) groups is 5. The molecule has 0 spiro atoms. The van der Waals surface area contributed by atoms with Crippen molar-refractivity contribution in [2.24, 2.45) is 16.7 Å². The summed E-state index contributed by atoms with van der Waals surface area (Å²) < 4.78 is 43.2. The van der Waals surface area contributed by atoms with Gasteiger partial charge in [0.15, 0.2) is 5.78 Å². The predicted octanol–water partition coefficient (Wildman–Crippen LogP) is 8.08. The van der Waals surface area contributed by atoms with E-state index in [0.29, 0.717) is 23.3 Å². The first-order valence-electron chi connectivity index (χ1n) is 25.1. The summed E-state index contributed by atoms with van der Waals surface area (Å²) in [5.41, 5.74) is -7.11. The average molecular weight is 1060 g/mol. The first-order chi connectivity index (χ1) is 35.0. The number of unbranched alkanes of at least 4 members (excludes halogenated alkanes) is 1. The number of ketones is 1. The number of nitrogens with zero attached hydrogens (tertiary/aromatic N) is 2. The molecule has 4 aliphatic rings. The minimum atomic E-state index is -2.26. The fraction of sp³-hybridized carbons (Fsp3) is 0.564. The third kappa shape index (κ3) is 11.3. The maximum Gasteiger partial charge on any atom is 0.410 e. The van der Waals surface area contributed by atoms with E-state index in [1.54, 1.807) is 115 Å². The number of hydrogen-bond donors (Lipinski definition) is 3. The van der Waals surface area contributed by atoms with E-state index >= 15 is 9.59 Å². The third-order valence-electron chi connectivity index (χ3n) is 15.2. The van der Waals surface area contributed by atoms with E-state index in [-0.39, 0.29) is 37.3 Å². The number of aromatic nitrogens is 1. The van der Waals surface area contributed by atoms with Gasteiger partial charge in [-0.05, 0) is 92.8 Å². The zero-order chi connectivity index (χ0) is 53.8. The lowest BCUT2D eigenvalue weighted by atomic mass is 9.44. The molecule has 402 valence electrons. The van der Waals surface area contributed by atoms with E-state index in [1.165, 1.54) is 40.7 Å². The Balaban J connectivity index is 1.33. The minimum absolute atomic E-state index is 0.112. The number of Topliss-reactive ketones (excluding diaryl/α,β-unsaturated/α-hetero) is 1. The van der Waals surface area contributed by atoms with Crippen molar-refractivity contribution in [1.29, 1.82) is 0 Å². The number of fused-ring (bicyclic) bond motifs is 5. The lowest BCUT2D eigenvalue weighted by Gasteiger charge is -2.67. The summed E-state index contributed by atoms with van der Waals surface area (Å²) >= 11 is 0. The molecule has 2 amide bonds. The van der Waals surface area contributed by atoms with E-state index < -0.39 is 113 Å². The number of aliphatic hydroxyl groups is 2. The summed E-state index contributed by atoms with van der Waals surface area (Å²) in [6.45, 7) is 14.0. The third-order valence-corrected chi connectivity index (χ3v) is 17.4. The highest BCUT2D eigenvalue weighted by atomic mass is 33.1. The summed E-state index contributed by atoms with van der Waals surface area (Å²) in [6, 6.07) is 20.8. The molecule has 2 saturated carbocycles. The summed E-state index contributed by atoms with van der Waals surface area (Å²) in [5.74, 6) is -3.37. The largest absolute Gasteiger partial charge is 0.455 e. The van der Waals surface area contributed by atoms with Gasteiger partial charge in [-0.2, -0.15) is 0 Å². The summed E-state index contributed by atoms with van der Waals surface area (Å²) in [4.78, 5) is 79.8. The van der Waals surface area contributed by atoms with E-state index in [9.17, 15) is 24.6 Å². The highest BCUT2D eigenvalue weighted by Gasteiger charge is 2.77. The molecule has 3 aliphatic carbocycles. The standard InChI is InChI=1S/C55H71N3O14S2/c1-11-12-27-58(28-29-73-74-39-25-19-20-26-56-39)50(63)70-43(41(34-21-15-13-16-22-34)57-49(62)72-51(3,4)5)48(61)69-36-31-55(65)46(71-47(60)35-23-17-14-18-24-35)44-53(8,37(66-9)30-38-54(44,64)32-68-38)45(59)42(67-10)40(33(36)2)52(55,6)7/h13-26,36-38,41-44,46,64-65H,11-12,27-32H2,1-10H3,(H,57,62)/t36-,37-,38+,41-,42+,43+,44-,46-,53?,54-,55+/m0/s1. The topological polar surface area (TPSA) is 219 Å². The van der Waals surface area contributed by atoms with Gasteiger partial charge in [-0.25, -0.2) is 24.2 Å². The Morgan fingerprint density at radius 3 is 2.20 bits per heavy atom. The number of hydrogen-bond acceptors (Lipinski definition) is 17. The predicted molar refractivity (Wildman–Crippen MR) is 277 cm³/mol. The molecule has 2 heterocycles. The van der Waals surface area contributed by atoms with Crippen LogP contribution in [0.15, 0.2) is 101 Å². The molecule has 1 saturated heterocycles. The van der Waals surface area contributed by atoms with Crippen LogP contribution in [0, 0.1) is 16.7 Å². The van der Waals surface area contributed by atoms with Crippen molar-refractivity contribution in [3.8, 4) is 0 Å². The molecule has 7 rings (SSSR count). The van der Waals surface area contributed by atoms with Crippen LogP contribution in [0.5, 0.6) is 0 Å². The smallest absolute Gasteiger partial charge is 0.410 e. The van der Waals surface area contributed by atoms with E-state index in [2.05, 4.69) is 10.3 Å². The Morgan fingerprint density at radius 1 is 0.932 bits per heavy atom. The lowest BCUT2D eigenvalue weighted by molar-refractivity contribution is -0.345. The number of ether oxygens (including phenoxy) is 7. The normalized spacial score (nSPS) is 28.9. The van der Waals surface area contributed by atoms with Crippen LogP contribution in [0.2, 0.25) is 0 Å². The van der Waals surface area contributed by atoms with Crippen molar-refractivity contribution in [1.82, 2.24) is 15.2 Å². The second-order valence-corrected chi connectivity index (χ2v) is 23.6. The number of carbonyl (C=O) groups excluding carboxylic acids is 5. The fourth-order valence-electron chi connectivity index (χ4n) is 11.2. The number of alkyl carbamates (subject to hydrolysis) is 1. The molecule has 11 atom stereocenters. The molecule has 74 heavy (non-hydrogen) atoms. The van der Waals surface area contributed by atoms with E-state index in [1.807, 2.05) is 25.1 Å². The highest BCUT2D eigenvalue weighted by molar-refractivity contribution is 8.76. The second kappa shape index (κ2) is 23.1. The molecule has 1 aromatic heterocycles. The molecule has 3 N–H and O–H groups in total. The zero-order valence-electron chi connectivity index (χ0n) is 43.9. The quantitative estimate of drug-likeness (QED) is 0.0360. The van der Waals surface area contributed by atoms with Gasteiger partial charge in [-0.15, -0.1) is 0 Å². The Morgan fingerprint density at radius 2 is 1.61 bits per heavy atom. The molecule has 19 heteroatoms. The van der Waals surface area contributed by atoms with Gasteiger partial charge in [0.2, 0.25) is 6.10 Å². The lowest BCUT2D eigenvalue weighted by Crippen LogP contribution is -2.81. The van der Waals surface area contributed by atoms with Gasteiger partial charge in [-0.3, -0.25) is 4.79 Å². The van der Waals surface area contributed by atoms with Gasteiger partial charge >= 0.3 is 24.1 Å². The molecule has 17 nitrogen and oxygen atoms in total. The van der Waals surface area contributed by atoms with Crippen LogP contribution in [-0.4, -0.2) is 143 Å². The molecule has 2 aromatic carbocycles. The van der Waals surface area contributed by atoms with E-state index in [0.717, 1.165) is 11.4 Å². The molecular weight excluding hydrogens is 991 g/mol. The molecular formula is C55H71N3O14S2. The first-order valence-corrected chi connectivity index (χ1v) is 27.4. The fourth-order valence-corrected chi connectivity index (χ4v) is 13.1. The van der Waals surface area contributed by atoms with Gasteiger partial charge < -0.3 is 53.6 Å². The maximum atomic E-state index is 15.7. The Hall–Kier alpha value is -5.02. The van der Waals surface area contributed by atoms with Crippen LogP contribution < -0.4 is 5.32 Å². The summed E-state index contributed by atoms with van der Waals surface area (Å²) in [7, 11) is 5.75. The minimum Gasteiger partial charge on any atom is -0.455 e. The molecule has 1 unspecified atom stereocenters. The number of esters is 2. The molecule has 0 radical (unpaired) electrons. The Labute approximate surface area is 441 Å². The highest BCUT2D eigenvalue weighted by Crippen LogP contribution is 2.64. The number of methoxy groups -OCH3 is 2. The van der Waals surface area contributed by atoms with Crippen LogP contribution in [0.4, 0.5) is 9.59 Å². The van der Waals surface area contributed by atoms with Gasteiger partial charge in [-0.1, -0.05) is 92.6 Å². The molecule has 3 aromatic rings. The number of pyridine rings is 1. The van der Waals surface area contributed by atoms with Crippen LogP contribution in [0.3, 0.4) is 0 Å². The average Bonchev–Trinajstić information content (AvgIpc) is 3.36. The van der Waals surface area contributed by atoms with Gasteiger partial charge in [0.05, 0.1) is 29.8 Å². The van der Waals surface area contributed by atoms with E-state index in [4.69, 9.17) is 33.2 Å². The number of benzene rings is 2. The maximum absolute atomic E-state index is 15.7. The number of nitrogens with one attached hydrogen (secondary N) is 1. The molecule has 2 bridgehead atoms. The number of amides is 2. The van der Waals surface area contributed by atoms with Crippen molar-refractivity contribution in [2.45, 2.75) is 146 Å². The van der Waals surface area contributed by atoms with Crippen molar-refractivity contribution < 1.29 is 67.3 Å². The summed E-state index contributed by atoms with van der Waals surface area (Å²) in [6.07, 6.45) is -7.20.